The summed E-state index contributed by atoms with van der Waals surface area (Å²) in [7, 11) is 0. The minimum Gasteiger partial charge on any atom is -0.127 e. The van der Waals surface area contributed by atoms with Crippen LogP contribution in [0.25, 0.3) is 0 Å². The van der Waals surface area contributed by atoms with E-state index < -0.39 is 0 Å². The van der Waals surface area contributed by atoms with Crippen LogP contribution in [0.4, 0.5) is 0 Å². The molecule has 0 atom stereocenters. The Bertz CT molecular complexity index is 113. The van der Waals surface area contributed by atoms with Crippen LogP contribution in [0.5, 0.6) is 0 Å². The third kappa shape index (κ3) is 0.636. The Hall–Kier alpha value is -0.220. The van der Waals surface area contributed by atoms with Crippen molar-refractivity contribution in [3.8, 4) is 0 Å². The molecular formula is C2HN2S2. The first kappa shape index (κ1) is 3.95. The van der Waals surface area contributed by atoms with Gasteiger partial charge in [0.25, 0.3) is 0 Å². The topological polar surface area (TPSA) is 25.8 Å². The minimum absolute atomic E-state index is 0.583. The average molecular weight is 117 g/mol. The maximum Gasteiger partial charge on any atom is 0.161 e. The normalized spacial score (nSPS) is 8.67. The van der Waals surface area contributed by atoms with Gasteiger partial charge >= 0.3 is 0 Å². The first-order chi connectivity index (χ1) is 2.89. The van der Waals surface area contributed by atoms with Gasteiger partial charge in [-0.15, -0.1) is 5.10 Å². The third-order valence-corrected chi connectivity index (χ3v) is 1.19. The van der Waals surface area contributed by atoms with E-state index in [1.807, 2.05) is 0 Å². The van der Waals surface area contributed by atoms with Crippen LogP contribution >= 0.6 is 24.2 Å². The van der Waals surface area contributed by atoms with Crippen molar-refractivity contribution >= 4 is 24.2 Å². The highest BCUT2D eigenvalue weighted by molar-refractivity contribution is 7.80. The minimum atomic E-state index is 0.583. The zero-order chi connectivity index (χ0) is 4.41. The van der Waals surface area contributed by atoms with Gasteiger partial charge in [0.2, 0.25) is 0 Å². The van der Waals surface area contributed by atoms with Crippen LogP contribution in [0.2, 0.25) is 0 Å². The van der Waals surface area contributed by atoms with Crippen LogP contribution in [0, 0.1) is 0 Å². The van der Waals surface area contributed by atoms with Crippen LogP contribution in [0.3, 0.4) is 0 Å². The van der Waals surface area contributed by atoms with Crippen molar-refractivity contribution in [2.24, 2.45) is 0 Å². The second-order valence-electron chi connectivity index (χ2n) is 0.743. The van der Waals surface area contributed by atoms with Crippen LogP contribution in [-0.2, 0) is 0 Å². The average Bonchev–Trinajstić information content (AvgIpc) is 1.86. The fourth-order valence-corrected chi connectivity index (χ4v) is 0.697. The lowest BCUT2D eigenvalue weighted by atomic mass is 11.0. The molecule has 1 radical (unpaired) electrons. The molecule has 6 heavy (non-hydrogen) atoms. The number of rotatable bonds is 0. The summed E-state index contributed by atoms with van der Waals surface area (Å²) in [6.45, 7) is 0. The van der Waals surface area contributed by atoms with E-state index in [1.54, 1.807) is 5.38 Å². The van der Waals surface area contributed by atoms with E-state index in [0.29, 0.717) is 5.03 Å². The summed E-state index contributed by atoms with van der Waals surface area (Å²) in [5.74, 6) is 0. The molecule has 0 saturated carbocycles. The molecule has 1 aromatic rings. The third-order valence-electron chi connectivity index (χ3n) is 0.340. The Morgan fingerprint density at radius 1 is 1.83 bits per heavy atom. The van der Waals surface area contributed by atoms with Gasteiger partial charge in [-0.1, -0.05) is 17.1 Å². The fourth-order valence-electron chi connectivity index (χ4n) is 0.156. The number of hydrogen-bond donors (Lipinski definition) is 0. The van der Waals surface area contributed by atoms with Gasteiger partial charge in [-0.3, -0.25) is 0 Å². The predicted octanol–water partition coefficient (Wildman–Crippen LogP) is 1.09. The lowest BCUT2D eigenvalue weighted by Gasteiger charge is -1.58. The van der Waals surface area contributed by atoms with Crippen LogP contribution in [0.15, 0.2) is 10.4 Å². The van der Waals surface area contributed by atoms with Gasteiger partial charge in [-0.05, 0) is 11.5 Å². The maximum atomic E-state index is 4.58. The molecule has 0 aromatic carbocycles. The van der Waals surface area contributed by atoms with Gasteiger partial charge in [0.1, 0.15) is 0 Å². The van der Waals surface area contributed by atoms with Crippen LogP contribution in [0.1, 0.15) is 0 Å². The summed E-state index contributed by atoms with van der Waals surface area (Å²) < 4.78 is 3.51. The molecule has 0 unspecified atom stereocenters. The Kier molecular flexibility index (Phi) is 0.979. The molecule has 1 rings (SSSR count). The van der Waals surface area contributed by atoms with E-state index >= 15 is 0 Å². The summed E-state index contributed by atoms with van der Waals surface area (Å²) in [6.07, 6.45) is 0. The van der Waals surface area contributed by atoms with Crippen molar-refractivity contribution in [3.05, 3.63) is 5.38 Å². The quantitative estimate of drug-likeness (QED) is 0.508. The molecule has 1 aromatic heterocycles. The van der Waals surface area contributed by atoms with Crippen molar-refractivity contribution in [2.45, 2.75) is 5.03 Å². The number of nitrogens with zero attached hydrogens (tertiary/aromatic N) is 2. The Labute approximate surface area is 44.8 Å². The molecule has 0 fully saturated rings. The largest absolute Gasteiger partial charge is 0.161 e. The molecule has 1 heterocycles. The van der Waals surface area contributed by atoms with E-state index in [0.717, 1.165) is 0 Å². The first-order valence-electron chi connectivity index (χ1n) is 1.33. The van der Waals surface area contributed by atoms with Crippen molar-refractivity contribution in [3.63, 3.8) is 0 Å². The van der Waals surface area contributed by atoms with E-state index in [4.69, 9.17) is 0 Å². The van der Waals surface area contributed by atoms with Gasteiger partial charge in [0.05, 0.1) is 5.38 Å². The lowest BCUT2D eigenvalue weighted by Crippen LogP contribution is -1.59. The summed E-state index contributed by atoms with van der Waals surface area (Å²) in [5.41, 5.74) is 0. The van der Waals surface area contributed by atoms with Crippen molar-refractivity contribution in [1.29, 1.82) is 0 Å². The predicted molar refractivity (Wildman–Crippen MR) is 25.8 cm³/mol. The van der Waals surface area contributed by atoms with Crippen molar-refractivity contribution < 1.29 is 0 Å². The van der Waals surface area contributed by atoms with Crippen LogP contribution in [-0.4, -0.2) is 9.59 Å². The maximum absolute atomic E-state index is 4.58. The number of aromatic nitrogens is 2. The molecular weight excluding hydrogens is 116 g/mol. The molecule has 0 aliphatic rings. The van der Waals surface area contributed by atoms with E-state index in [9.17, 15) is 0 Å². The van der Waals surface area contributed by atoms with Crippen molar-refractivity contribution in [1.82, 2.24) is 9.59 Å². The van der Waals surface area contributed by atoms with Gasteiger partial charge in [0, 0.05) is 0 Å². The van der Waals surface area contributed by atoms with Gasteiger partial charge < -0.3 is 0 Å². The molecule has 0 bridgehead atoms. The van der Waals surface area contributed by atoms with Gasteiger partial charge in [-0.25, -0.2) is 0 Å². The molecule has 0 saturated heterocycles. The fraction of sp³-hybridized carbons (Fsp3) is 0. The summed E-state index contributed by atoms with van der Waals surface area (Å²) in [6, 6.07) is 0. The molecule has 0 aliphatic carbocycles. The molecule has 0 N–H and O–H groups in total. The highest BCUT2D eigenvalue weighted by Gasteiger charge is 1.81. The zero-order valence-electron chi connectivity index (χ0n) is 2.79. The second-order valence-corrected chi connectivity index (χ2v) is 1.77. The summed E-state index contributed by atoms with van der Waals surface area (Å²) in [5, 5.41) is 5.80. The zero-order valence-corrected chi connectivity index (χ0v) is 4.42. The molecule has 4 heteroatoms. The lowest BCUT2D eigenvalue weighted by molar-refractivity contribution is 1.04. The van der Waals surface area contributed by atoms with E-state index in [2.05, 4.69) is 22.2 Å². The highest BCUT2D eigenvalue weighted by Crippen LogP contribution is 1.99. The molecule has 0 aliphatic heterocycles. The first-order valence-corrected chi connectivity index (χ1v) is 2.58. The Balaban J connectivity index is 3.05. The van der Waals surface area contributed by atoms with E-state index in [-0.39, 0.29) is 0 Å². The number of hydrogen-bond acceptors (Lipinski definition) is 3. The molecule has 0 spiro atoms. The SMILES string of the molecule is [S]c1csnn1. The van der Waals surface area contributed by atoms with Crippen LogP contribution < -0.4 is 0 Å². The standard InChI is InChI=1S/C2HN2S2/c5-2-1-6-4-3-2/h1H. The van der Waals surface area contributed by atoms with Gasteiger partial charge in [-0.2, -0.15) is 0 Å². The van der Waals surface area contributed by atoms with Crippen molar-refractivity contribution in [2.75, 3.05) is 0 Å². The van der Waals surface area contributed by atoms with Gasteiger partial charge in [0.15, 0.2) is 5.03 Å². The highest BCUT2D eigenvalue weighted by atomic mass is 32.1. The van der Waals surface area contributed by atoms with E-state index in [1.165, 1.54) is 11.5 Å². The Morgan fingerprint density at radius 3 is 2.83 bits per heavy atom. The summed E-state index contributed by atoms with van der Waals surface area (Å²) in [4.78, 5) is 0. The molecule has 2 nitrogen and oxygen atoms in total. The molecule has 31 valence electrons. The molecule has 0 amide bonds. The Morgan fingerprint density at radius 2 is 2.67 bits per heavy atom. The second kappa shape index (κ2) is 1.49. The summed E-state index contributed by atoms with van der Waals surface area (Å²) >= 11 is 5.86. The monoisotopic (exact) mass is 117 g/mol. The smallest absolute Gasteiger partial charge is 0.127 e.